The van der Waals surface area contributed by atoms with E-state index in [9.17, 15) is 14.0 Å². The maximum Gasteiger partial charge on any atom is 0.336 e. The fraction of sp³-hybridized carbons (Fsp3) is 0.217. The zero-order chi connectivity index (χ0) is 20.3. The summed E-state index contributed by atoms with van der Waals surface area (Å²) in [6.45, 7) is 6.09. The van der Waals surface area contributed by atoms with Crippen LogP contribution in [0, 0.1) is 12.7 Å². The van der Waals surface area contributed by atoms with Crippen molar-refractivity contribution in [2.45, 2.75) is 33.3 Å². The Morgan fingerprint density at radius 3 is 2.71 bits per heavy atom. The van der Waals surface area contributed by atoms with Crippen molar-refractivity contribution < 1.29 is 18.3 Å². The van der Waals surface area contributed by atoms with Crippen LogP contribution in [0.2, 0.25) is 0 Å². The average Bonchev–Trinajstić information content (AvgIpc) is 2.63. The highest BCUT2D eigenvalue weighted by Crippen LogP contribution is 2.27. The molecule has 28 heavy (non-hydrogen) atoms. The van der Waals surface area contributed by atoms with E-state index in [-0.39, 0.29) is 12.4 Å². The number of hydrogen-bond acceptors (Lipinski definition) is 4. The van der Waals surface area contributed by atoms with Crippen molar-refractivity contribution in [2.75, 3.05) is 0 Å². The first-order valence-electron chi connectivity index (χ1n) is 9.01. The van der Waals surface area contributed by atoms with Gasteiger partial charge in [-0.1, -0.05) is 26.0 Å². The van der Waals surface area contributed by atoms with E-state index in [1.54, 1.807) is 12.1 Å². The van der Waals surface area contributed by atoms with E-state index in [0.29, 0.717) is 22.6 Å². The lowest BCUT2D eigenvalue weighted by Gasteiger charge is -2.13. The lowest BCUT2D eigenvalue weighted by atomic mass is 9.95. The molecule has 0 spiro atoms. The summed E-state index contributed by atoms with van der Waals surface area (Å²) in [5, 5.41) is 0.746. The maximum atomic E-state index is 13.2. The highest BCUT2D eigenvalue weighted by atomic mass is 19.1. The molecule has 0 atom stereocenters. The zero-order valence-electron chi connectivity index (χ0n) is 16.0. The fourth-order valence-electron chi connectivity index (χ4n) is 3.10. The second-order valence-electron chi connectivity index (χ2n) is 6.95. The first-order valence-corrected chi connectivity index (χ1v) is 9.01. The van der Waals surface area contributed by atoms with Crippen LogP contribution in [0.25, 0.3) is 17.0 Å². The van der Waals surface area contributed by atoms with E-state index in [4.69, 9.17) is 9.15 Å². The van der Waals surface area contributed by atoms with Gasteiger partial charge in [0.1, 0.15) is 18.0 Å². The molecule has 0 amide bonds. The van der Waals surface area contributed by atoms with Gasteiger partial charge in [0.2, 0.25) is 0 Å². The molecule has 3 aromatic rings. The maximum absolute atomic E-state index is 13.2. The van der Waals surface area contributed by atoms with E-state index in [1.165, 1.54) is 30.4 Å². The second-order valence-corrected chi connectivity index (χ2v) is 6.95. The van der Waals surface area contributed by atoms with Crippen LogP contribution in [-0.4, -0.2) is 5.97 Å². The third-order valence-corrected chi connectivity index (χ3v) is 4.47. The van der Waals surface area contributed by atoms with Crippen LogP contribution < -0.4 is 5.63 Å². The SMILES string of the molecule is Cc1cc2oc(=O)cc(COC(=O)/C=C/c3cccc(F)c3)c2cc1C(C)C. The Bertz CT molecular complexity index is 1110. The third kappa shape index (κ3) is 4.55. The molecular weight excluding hydrogens is 359 g/mol. The quantitative estimate of drug-likeness (QED) is 0.350. The number of ether oxygens (including phenoxy) is 1. The van der Waals surface area contributed by atoms with Crippen LogP contribution in [0.15, 0.2) is 57.8 Å². The molecule has 0 radical (unpaired) electrons. The van der Waals surface area contributed by atoms with Gasteiger partial charge in [0.25, 0.3) is 0 Å². The minimum atomic E-state index is -0.582. The summed E-state index contributed by atoms with van der Waals surface area (Å²) < 4.78 is 23.7. The number of esters is 1. The monoisotopic (exact) mass is 380 g/mol. The predicted molar refractivity (Wildman–Crippen MR) is 107 cm³/mol. The predicted octanol–water partition coefficient (Wildman–Crippen LogP) is 5.12. The van der Waals surface area contributed by atoms with Gasteiger partial charge in [-0.2, -0.15) is 0 Å². The van der Waals surface area contributed by atoms with E-state index < -0.39 is 11.6 Å². The largest absolute Gasteiger partial charge is 0.458 e. The van der Waals surface area contributed by atoms with E-state index in [1.807, 2.05) is 19.1 Å². The van der Waals surface area contributed by atoms with Gasteiger partial charge in [-0.05, 0) is 59.9 Å². The van der Waals surface area contributed by atoms with Gasteiger partial charge in [-0.15, -0.1) is 0 Å². The average molecular weight is 380 g/mol. The molecule has 1 aromatic heterocycles. The van der Waals surface area contributed by atoms with Crippen molar-refractivity contribution in [1.29, 1.82) is 0 Å². The first-order chi connectivity index (χ1) is 13.3. The van der Waals surface area contributed by atoms with E-state index in [0.717, 1.165) is 16.5 Å². The molecule has 0 aliphatic rings. The van der Waals surface area contributed by atoms with Gasteiger partial charge in [-0.3, -0.25) is 0 Å². The number of fused-ring (bicyclic) bond motifs is 1. The summed E-state index contributed by atoms with van der Waals surface area (Å²) in [7, 11) is 0. The molecule has 0 saturated heterocycles. The van der Waals surface area contributed by atoms with Gasteiger partial charge in [0.15, 0.2) is 0 Å². The van der Waals surface area contributed by atoms with Crippen LogP contribution in [0.1, 0.15) is 42.0 Å². The van der Waals surface area contributed by atoms with E-state index >= 15 is 0 Å². The van der Waals surface area contributed by atoms with Crippen LogP contribution in [0.3, 0.4) is 0 Å². The number of aryl methyl sites for hydroxylation is 1. The Balaban J connectivity index is 1.82. The van der Waals surface area contributed by atoms with Gasteiger partial charge >= 0.3 is 11.6 Å². The Labute approximate surface area is 162 Å². The normalized spacial score (nSPS) is 11.5. The van der Waals surface area contributed by atoms with Gasteiger partial charge in [0, 0.05) is 23.1 Å². The van der Waals surface area contributed by atoms with Gasteiger partial charge in [0.05, 0.1) is 0 Å². The van der Waals surface area contributed by atoms with Crippen molar-refractivity contribution >= 4 is 23.0 Å². The van der Waals surface area contributed by atoms with Gasteiger partial charge in [-0.25, -0.2) is 14.0 Å². The highest BCUT2D eigenvalue weighted by Gasteiger charge is 2.12. The summed E-state index contributed by atoms with van der Waals surface area (Å²) in [6, 6.07) is 11.0. The molecule has 5 heteroatoms. The van der Waals surface area contributed by atoms with E-state index in [2.05, 4.69) is 13.8 Å². The molecule has 2 aromatic carbocycles. The van der Waals surface area contributed by atoms with Crippen molar-refractivity contribution in [2.24, 2.45) is 0 Å². The number of hydrogen-bond donors (Lipinski definition) is 0. The molecule has 0 unspecified atom stereocenters. The number of benzene rings is 2. The molecule has 0 fully saturated rings. The number of rotatable bonds is 5. The summed E-state index contributed by atoms with van der Waals surface area (Å²) in [5.74, 6) is -0.656. The number of halogens is 1. The minimum Gasteiger partial charge on any atom is -0.458 e. The van der Waals surface area contributed by atoms with Crippen LogP contribution >= 0.6 is 0 Å². The first kappa shape index (κ1) is 19.5. The summed E-state index contributed by atoms with van der Waals surface area (Å²) in [4.78, 5) is 23.9. The van der Waals surface area contributed by atoms with Crippen LogP contribution in [-0.2, 0) is 16.1 Å². The minimum absolute atomic E-state index is 0.0605. The van der Waals surface area contributed by atoms with Crippen LogP contribution in [0.5, 0.6) is 0 Å². The molecular formula is C23H21FO4. The van der Waals surface area contributed by atoms with Crippen LogP contribution in [0.4, 0.5) is 4.39 Å². The molecule has 0 bridgehead atoms. The molecule has 0 aliphatic heterocycles. The van der Waals surface area contributed by atoms with Crippen molar-refractivity contribution in [3.05, 3.63) is 87.0 Å². The lowest BCUT2D eigenvalue weighted by molar-refractivity contribution is -0.138. The summed E-state index contributed by atoms with van der Waals surface area (Å²) >= 11 is 0. The summed E-state index contributed by atoms with van der Waals surface area (Å²) in [5.41, 5.74) is 3.29. The lowest BCUT2D eigenvalue weighted by Crippen LogP contribution is -2.06. The Morgan fingerprint density at radius 2 is 2.00 bits per heavy atom. The highest BCUT2D eigenvalue weighted by molar-refractivity contribution is 5.87. The smallest absolute Gasteiger partial charge is 0.336 e. The Kier molecular flexibility index (Phi) is 5.73. The third-order valence-electron chi connectivity index (χ3n) is 4.47. The standard InChI is InChI=1S/C23H21FO4/c1-14(2)19-12-20-17(11-23(26)28-21(20)9-15(19)3)13-27-22(25)8-7-16-5-4-6-18(24)10-16/h4-12,14H,13H2,1-3H3/b8-7+. The molecule has 0 aliphatic carbocycles. The summed E-state index contributed by atoms with van der Waals surface area (Å²) in [6.07, 6.45) is 2.70. The fourth-order valence-corrected chi connectivity index (χ4v) is 3.10. The van der Waals surface area contributed by atoms with Crippen molar-refractivity contribution in [1.82, 2.24) is 0 Å². The molecule has 144 valence electrons. The Morgan fingerprint density at radius 1 is 1.21 bits per heavy atom. The number of carbonyl (C=O) groups is 1. The van der Waals surface area contributed by atoms with Crippen molar-refractivity contribution in [3.63, 3.8) is 0 Å². The topological polar surface area (TPSA) is 56.5 Å². The molecule has 1 heterocycles. The Hall–Kier alpha value is -3.21. The second kappa shape index (κ2) is 8.21. The van der Waals surface area contributed by atoms with Gasteiger partial charge < -0.3 is 9.15 Å². The zero-order valence-corrected chi connectivity index (χ0v) is 16.0. The number of carbonyl (C=O) groups excluding carboxylic acids is 1. The molecule has 3 rings (SSSR count). The van der Waals surface area contributed by atoms with Crippen molar-refractivity contribution in [3.8, 4) is 0 Å². The molecule has 0 N–H and O–H groups in total. The molecule has 0 saturated carbocycles. The molecule has 4 nitrogen and oxygen atoms in total.